The van der Waals surface area contributed by atoms with Crippen molar-refractivity contribution in [2.45, 2.75) is 16.7 Å². The molecule has 8 heteroatoms. The first kappa shape index (κ1) is 15.1. The van der Waals surface area contributed by atoms with Crippen LogP contribution in [0, 0.1) is 0 Å². The fraction of sp³-hybridized carbons (Fsp3) is 0.556. The lowest BCUT2D eigenvalue weighted by Gasteiger charge is -2.15. The van der Waals surface area contributed by atoms with E-state index in [4.69, 9.17) is 9.84 Å². The van der Waals surface area contributed by atoms with E-state index in [1.165, 1.54) is 13.2 Å². The maximum Gasteiger partial charge on any atom is 0.250 e. The molecule has 0 saturated heterocycles. The van der Waals surface area contributed by atoms with Gasteiger partial charge in [-0.3, -0.25) is 0 Å². The lowest BCUT2D eigenvalue weighted by Crippen LogP contribution is -2.38. The van der Waals surface area contributed by atoms with Crippen molar-refractivity contribution in [2.24, 2.45) is 0 Å². The minimum absolute atomic E-state index is 0.0926. The van der Waals surface area contributed by atoms with E-state index in [0.29, 0.717) is 6.42 Å². The topological polar surface area (TPSA) is 75.6 Å². The number of hydrogen-bond acceptors (Lipinski definition) is 5. The number of aliphatic hydroxyl groups excluding tert-OH is 1. The van der Waals surface area contributed by atoms with Gasteiger partial charge in [0.1, 0.15) is 4.21 Å². The van der Waals surface area contributed by atoms with Gasteiger partial charge in [-0.05, 0) is 34.5 Å². The zero-order chi connectivity index (χ0) is 12.9. The van der Waals surface area contributed by atoms with Crippen LogP contribution in [0.25, 0.3) is 0 Å². The second-order valence-corrected chi connectivity index (χ2v) is 7.75. The van der Waals surface area contributed by atoms with E-state index >= 15 is 0 Å². The Labute approximate surface area is 113 Å². The highest BCUT2D eigenvalue weighted by molar-refractivity contribution is 9.11. The number of thiophene rings is 1. The number of halogens is 1. The molecule has 0 fully saturated rings. The molecule has 0 aliphatic rings. The molecule has 1 aromatic heterocycles. The summed E-state index contributed by atoms with van der Waals surface area (Å²) in [5.74, 6) is 0. The second kappa shape index (κ2) is 6.81. The van der Waals surface area contributed by atoms with Crippen LogP contribution in [-0.4, -0.2) is 39.9 Å². The summed E-state index contributed by atoms with van der Waals surface area (Å²) in [5.41, 5.74) is 0. The third-order valence-electron chi connectivity index (χ3n) is 1.98. The first-order valence-electron chi connectivity index (χ1n) is 4.87. The Kier molecular flexibility index (Phi) is 6.04. The SMILES string of the molecule is COCC(CCO)NS(=O)(=O)c1ccc(Br)s1. The van der Waals surface area contributed by atoms with Crippen molar-refractivity contribution in [3.63, 3.8) is 0 Å². The smallest absolute Gasteiger partial charge is 0.250 e. The fourth-order valence-electron chi connectivity index (χ4n) is 1.25. The number of hydrogen-bond donors (Lipinski definition) is 2. The average Bonchev–Trinajstić information content (AvgIpc) is 2.66. The molecule has 1 heterocycles. The number of ether oxygens (including phenoxy) is 1. The van der Waals surface area contributed by atoms with Gasteiger partial charge in [0.05, 0.1) is 10.4 Å². The summed E-state index contributed by atoms with van der Waals surface area (Å²) in [4.78, 5) is 0. The molecule has 0 amide bonds. The van der Waals surface area contributed by atoms with Gasteiger partial charge in [-0.2, -0.15) is 0 Å². The zero-order valence-corrected chi connectivity index (χ0v) is 12.4. The molecule has 17 heavy (non-hydrogen) atoms. The lowest BCUT2D eigenvalue weighted by molar-refractivity contribution is 0.158. The predicted molar refractivity (Wildman–Crippen MR) is 69.7 cm³/mol. The van der Waals surface area contributed by atoms with Crippen LogP contribution in [-0.2, 0) is 14.8 Å². The third-order valence-corrected chi connectivity index (χ3v) is 5.62. The largest absolute Gasteiger partial charge is 0.396 e. The highest BCUT2D eigenvalue weighted by Crippen LogP contribution is 2.26. The molecule has 5 nitrogen and oxygen atoms in total. The summed E-state index contributed by atoms with van der Waals surface area (Å²) in [6.45, 7) is 0.136. The zero-order valence-electron chi connectivity index (χ0n) is 9.22. The second-order valence-electron chi connectivity index (χ2n) is 3.34. The third kappa shape index (κ3) is 4.65. The first-order chi connectivity index (χ1) is 7.99. The summed E-state index contributed by atoms with van der Waals surface area (Å²) in [6.07, 6.45) is 0.319. The van der Waals surface area contributed by atoms with E-state index in [0.717, 1.165) is 15.1 Å². The molecule has 0 aliphatic heterocycles. The Morgan fingerprint density at radius 1 is 1.59 bits per heavy atom. The molecule has 0 saturated carbocycles. The molecule has 98 valence electrons. The van der Waals surface area contributed by atoms with Crippen LogP contribution in [0.4, 0.5) is 0 Å². The summed E-state index contributed by atoms with van der Waals surface area (Å²) in [6, 6.07) is 2.78. The fourth-order valence-corrected chi connectivity index (χ4v) is 4.53. The Bertz CT molecular complexity index is 440. The molecular formula is C9H14BrNO4S2. The summed E-state index contributed by atoms with van der Waals surface area (Å²) < 4.78 is 32.3. The quantitative estimate of drug-likeness (QED) is 0.779. The average molecular weight is 344 g/mol. The molecule has 0 spiro atoms. The summed E-state index contributed by atoms with van der Waals surface area (Å²) in [7, 11) is -2.05. The van der Waals surface area contributed by atoms with Gasteiger partial charge in [0.15, 0.2) is 0 Å². The highest BCUT2D eigenvalue weighted by atomic mass is 79.9. The van der Waals surface area contributed by atoms with E-state index in [9.17, 15) is 8.42 Å². The minimum atomic E-state index is -3.54. The molecule has 1 atom stereocenters. The molecule has 0 aliphatic carbocycles. The standard InChI is InChI=1S/C9H14BrNO4S2/c1-15-6-7(4-5-12)11-17(13,14)9-3-2-8(10)16-9/h2-3,7,11-12H,4-6H2,1H3. The predicted octanol–water partition coefficient (Wildman–Crippen LogP) is 1.19. The molecule has 1 unspecified atom stereocenters. The highest BCUT2D eigenvalue weighted by Gasteiger charge is 2.21. The van der Waals surface area contributed by atoms with Gasteiger partial charge in [-0.1, -0.05) is 0 Å². The van der Waals surface area contributed by atoms with E-state index in [1.54, 1.807) is 6.07 Å². The molecule has 1 rings (SSSR count). The lowest BCUT2D eigenvalue weighted by atomic mass is 10.2. The molecule has 1 aromatic rings. The van der Waals surface area contributed by atoms with Crippen molar-refractivity contribution >= 4 is 37.3 Å². The Hall–Kier alpha value is 0.01000. The van der Waals surface area contributed by atoms with Gasteiger partial charge < -0.3 is 9.84 Å². The van der Waals surface area contributed by atoms with Gasteiger partial charge in [0, 0.05) is 19.8 Å². The number of nitrogens with one attached hydrogen (secondary N) is 1. The molecule has 0 bridgehead atoms. The van der Waals surface area contributed by atoms with Crippen LogP contribution < -0.4 is 4.72 Å². The molecule has 0 radical (unpaired) electrons. The Morgan fingerprint density at radius 3 is 2.76 bits per heavy atom. The van der Waals surface area contributed by atoms with Crippen molar-refractivity contribution in [1.82, 2.24) is 4.72 Å². The van der Waals surface area contributed by atoms with Crippen LogP contribution in [0.15, 0.2) is 20.1 Å². The van der Waals surface area contributed by atoms with Crippen LogP contribution in [0.1, 0.15) is 6.42 Å². The normalized spacial score (nSPS) is 13.8. The number of methoxy groups -OCH3 is 1. The number of aliphatic hydroxyl groups is 1. The number of rotatable bonds is 7. The number of sulfonamides is 1. The maximum atomic E-state index is 11.9. The Morgan fingerprint density at radius 2 is 2.29 bits per heavy atom. The van der Waals surface area contributed by atoms with Crippen molar-refractivity contribution in [3.8, 4) is 0 Å². The first-order valence-corrected chi connectivity index (χ1v) is 7.96. The van der Waals surface area contributed by atoms with Crippen LogP contribution in [0.5, 0.6) is 0 Å². The van der Waals surface area contributed by atoms with Crippen LogP contribution in [0.3, 0.4) is 0 Å². The van der Waals surface area contributed by atoms with Gasteiger partial charge >= 0.3 is 0 Å². The monoisotopic (exact) mass is 343 g/mol. The van der Waals surface area contributed by atoms with Crippen LogP contribution in [0.2, 0.25) is 0 Å². The van der Waals surface area contributed by atoms with Gasteiger partial charge in [-0.15, -0.1) is 11.3 Å². The van der Waals surface area contributed by atoms with Crippen LogP contribution >= 0.6 is 27.3 Å². The van der Waals surface area contributed by atoms with Crippen molar-refractivity contribution in [3.05, 3.63) is 15.9 Å². The van der Waals surface area contributed by atoms with E-state index in [1.807, 2.05) is 0 Å². The molecule has 0 aromatic carbocycles. The maximum absolute atomic E-state index is 11.9. The Balaban J connectivity index is 2.77. The van der Waals surface area contributed by atoms with Gasteiger partial charge in [-0.25, -0.2) is 13.1 Å². The summed E-state index contributed by atoms with van der Waals surface area (Å²) >= 11 is 4.35. The minimum Gasteiger partial charge on any atom is -0.396 e. The van der Waals surface area contributed by atoms with E-state index < -0.39 is 16.1 Å². The van der Waals surface area contributed by atoms with Gasteiger partial charge in [0.25, 0.3) is 0 Å². The van der Waals surface area contributed by atoms with Crippen molar-refractivity contribution in [1.29, 1.82) is 0 Å². The van der Waals surface area contributed by atoms with Gasteiger partial charge in [0.2, 0.25) is 10.0 Å². The van der Waals surface area contributed by atoms with E-state index in [-0.39, 0.29) is 17.4 Å². The summed E-state index contributed by atoms with van der Waals surface area (Å²) in [5, 5.41) is 8.84. The molecule has 2 N–H and O–H groups in total. The van der Waals surface area contributed by atoms with E-state index in [2.05, 4.69) is 20.7 Å². The molecular weight excluding hydrogens is 330 g/mol. The van der Waals surface area contributed by atoms with Crippen molar-refractivity contribution < 1.29 is 18.3 Å². The van der Waals surface area contributed by atoms with Crippen molar-refractivity contribution in [2.75, 3.05) is 20.3 Å².